The molecule has 0 aromatic heterocycles. The SMILES string of the molecule is C=C(CC(=O)Nc1cccc([N+](=O)[O-])c1)NNC(=O)COc1ccc(C)cc1Br. The summed E-state index contributed by atoms with van der Waals surface area (Å²) in [6.45, 7) is 5.36. The molecule has 0 bridgehead atoms. The van der Waals surface area contributed by atoms with Gasteiger partial charge in [-0.3, -0.25) is 25.1 Å². The Morgan fingerprint density at radius 3 is 2.62 bits per heavy atom. The molecule has 2 amide bonds. The van der Waals surface area contributed by atoms with Gasteiger partial charge in [0.05, 0.1) is 15.8 Å². The van der Waals surface area contributed by atoms with Crippen LogP contribution in [0.1, 0.15) is 12.0 Å². The standard InChI is InChI=1S/C19H19BrN4O5/c1-12-6-7-17(16(20)8-12)29-11-19(26)23-22-13(2)9-18(25)21-14-4-3-5-15(10-14)24(27)28/h3-8,10,22H,2,9,11H2,1H3,(H,21,25)(H,23,26). The van der Waals surface area contributed by atoms with Gasteiger partial charge in [0, 0.05) is 23.5 Å². The van der Waals surface area contributed by atoms with Gasteiger partial charge in [-0.25, -0.2) is 0 Å². The number of carbonyl (C=O) groups excluding carboxylic acids is 2. The second kappa shape index (κ2) is 10.2. The number of non-ortho nitro benzene ring substituents is 1. The molecule has 0 unspecified atom stereocenters. The summed E-state index contributed by atoms with van der Waals surface area (Å²) < 4.78 is 6.15. The van der Waals surface area contributed by atoms with E-state index in [0.29, 0.717) is 5.75 Å². The van der Waals surface area contributed by atoms with Crippen LogP contribution in [-0.2, 0) is 9.59 Å². The lowest BCUT2D eigenvalue weighted by atomic mass is 10.2. The van der Waals surface area contributed by atoms with Crippen molar-refractivity contribution in [3.8, 4) is 5.75 Å². The number of rotatable bonds is 9. The molecular formula is C19H19BrN4O5. The first-order valence-electron chi connectivity index (χ1n) is 8.40. The van der Waals surface area contributed by atoms with Gasteiger partial charge in [0.1, 0.15) is 5.75 Å². The predicted octanol–water partition coefficient (Wildman–Crippen LogP) is 3.21. The third-order valence-electron chi connectivity index (χ3n) is 3.54. The molecule has 0 aliphatic carbocycles. The fourth-order valence-corrected chi connectivity index (χ4v) is 2.81. The average molecular weight is 463 g/mol. The van der Waals surface area contributed by atoms with E-state index in [1.807, 2.05) is 19.1 Å². The van der Waals surface area contributed by atoms with E-state index in [0.717, 1.165) is 10.0 Å². The van der Waals surface area contributed by atoms with Crippen LogP contribution >= 0.6 is 15.9 Å². The van der Waals surface area contributed by atoms with E-state index in [1.54, 1.807) is 6.07 Å². The molecule has 152 valence electrons. The zero-order chi connectivity index (χ0) is 21.4. The second-order valence-electron chi connectivity index (χ2n) is 6.03. The Bertz CT molecular complexity index is 948. The molecule has 2 aromatic carbocycles. The minimum Gasteiger partial charge on any atom is -0.483 e. The molecule has 3 N–H and O–H groups in total. The van der Waals surface area contributed by atoms with Crippen LogP contribution in [0.5, 0.6) is 5.75 Å². The van der Waals surface area contributed by atoms with Crippen LogP contribution in [0.4, 0.5) is 11.4 Å². The second-order valence-corrected chi connectivity index (χ2v) is 6.89. The van der Waals surface area contributed by atoms with Crippen LogP contribution in [0.25, 0.3) is 0 Å². The number of nitro groups is 1. The van der Waals surface area contributed by atoms with Crippen molar-refractivity contribution in [3.63, 3.8) is 0 Å². The lowest BCUT2D eigenvalue weighted by Gasteiger charge is -2.12. The van der Waals surface area contributed by atoms with Gasteiger partial charge < -0.3 is 15.5 Å². The van der Waals surface area contributed by atoms with Crippen molar-refractivity contribution in [1.82, 2.24) is 10.9 Å². The number of ether oxygens (including phenoxy) is 1. The zero-order valence-electron chi connectivity index (χ0n) is 15.5. The number of nitrogens with one attached hydrogen (secondary N) is 3. The molecule has 0 fully saturated rings. The van der Waals surface area contributed by atoms with Crippen molar-refractivity contribution in [2.75, 3.05) is 11.9 Å². The monoisotopic (exact) mass is 462 g/mol. The minimum atomic E-state index is -0.553. The highest BCUT2D eigenvalue weighted by Crippen LogP contribution is 2.25. The molecule has 0 heterocycles. The van der Waals surface area contributed by atoms with Gasteiger partial charge >= 0.3 is 0 Å². The summed E-state index contributed by atoms with van der Waals surface area (Å²) in [6, 6.07) is 11.0. The van der Waals surface area contributed by atoms with Crippen molar-refractivity contribution < 1.29 is 19.2 Å². The lowest BCUT2D eigenvalue weighted by molar-refractivity contribution is -0.384. The number of hydrogen-bond donors (Lipinski definition) is 3. The van der Waals surface area contributed by atoms with Gasteiger partial charge in [-0.2, -0.15) is 0 Å². The Morgan fingerprint density at radius 2 is 1.93 bits per heavy atom. The van der Waals surface area contributed by atoms with E-state index >= 15 is 0 Å². The summed E-state index contributed by atoms with van der Waals surface area (Å²) in [6.07, 6.45) is -0.145. The largest absolute Gasteiger partial charge is 0.483 e. The van der Waals surface area contributed by atoms with Crippen LogP contribution in [0.3, 0.4) is 0 Å². The van der Waals surface area contributed by atoms with Crippen molar-refractivity contribution in [3.05, 3.63) is 74.9 Å². The van der Waals surface area contributed by atoms with Crippen molar-refractivity contribution >= 4 is 39.1 Å². The lowest BCUT2D eigenvalue weighted by Crippen LogP contribution is -2.40. The van der Waals surface area contributed by atoms with Gasteiger partial charge in [-0.15, -0.1) is 0 Å². The van der Waals surface area contributed by atoms with Crippen molar-refractivity contribution in [1.29, 1.82) is 0 Å². The Labute approximate surface area is 175 Å². The highest BCUT2D eigenvalue weighted by molar-refractivity contribution is 9.10. The van der Waals surface area contributed by atoms with Crippen LogP contribution in [0, 0.1) is 17.0 Å². The molecule has 0 atom stereocenters. The molecule has 10 heteroatoms. The topological polar surface area (TPSA) is 123 Å². The molecule has 0 aliphatic heterocycles. The number of hydrazine groups is 1. The molecule has 0 saturated carbocycles. The van der Waals surface area contributed by atoms with Crippen LogP contribution in [0.15, 0.2) is 59.2 Å². The summed E-state index contributed by atoms with van der Waals surface area (Å²) in [4.78, 5) is 34.1. The molecule has 0 aliphatic rings. The number of carbonyl (C=O) groups is 2. The molecule has 29 heavy (non-hydrogen) atoms. The van der Waals surface area contributed by atoms with E-state index in [1.165, 1.54) is 24.3 Å². The number of halogens is 1. The number of hydrogen-bond acceptors (Lipinski definition) is 6. The summed E-state index contributed by atoms with van der Waals surface area (Å²) in [5.41, 5.74) is 6.36. The number of amides is 2. The number of nitro benzene ring substituents is 1. The number of nitrogens with zero attached hydrogens (tertiary/aromatic N) is 1. The first-order valence-corrected chi connectivity index (χ1v) is 9.20. The molecule has 0 spiro atoms. The molecular weight excluding hydrogens is 444 g/mol. The van der Waals surface area contributed by atoms with E-state index in [2.05, 4.69) is 38.7 Å². The van der Waals surface area contributed by atoms with Gasteiger partial charge in [-0.1, -0.05) is 18.7 Å². The maximum absolute atomic E-state index is 12.0. The first kappa shape index (κ1) is 21.9. The van der Waals surface area contributed by atoms with Gasteiger partial charge in [0.15, 0.2) is 6.61 Å². The Hall–Kier alpha value is -3.40. The van der Waals surface area contributed by atoms with Crippen molar-refractivity contribution in [2.24, 2.45) is 0 Å². The van der Waals surface area contributed by atoms with Crippen LogP contribution in [0.2, 0.25) is 0 Å². The fraction of sp³-hybridized carbons (Fsp3) is 0.158. The normalized spacial score (nSPS) is 10.0. The smallest absolute Gasteiger partial charge is 0.276 e. The third kappa shape index (κ3) is 7.26. The third-order valence-corrected chi connectivity index (χ3v) is 4.16. The van der Waals surface area contributed by atoms with E-state index in [4.69, 9.17) is 4.74 Å². The van der Waals surface area contributed by atoms with Gasteiger partial charge in [0.25, 0.3) is 11.6 Å². The molecule has 0 saturated heterocycles. The number of anilines is 1. The summed E-state index contributed by atoms with van der Waals surface area (Å²) >= 11 is 3.36. The van der Waals surface area contributed by atoms with E-state index in [9.17, 15) is 19.7 Å². The van der Waals surface area contributed by atoms with E-state index < -0.39 is 16.7 Å². The minimum absolute atomic E-state index is 0.132. The van der Waals surface area contributed by atoms with Crippen LogP contribution in [-0.4, -0.2) is 23.3 Å². The Kier molecular flexibility index (Phi) is 7.72. The highest BCUT2D eigenvalue weighted by atomic mass is 79.9. The predicted molar refractivity (Wildman–Crippen MR) is 111 cm³/mol. The average Bonchev–Trinajstić information content (AvgIpc) is 2.65. The summed E-state index contributed by atoms with van der Waals surface area (Å²) in [5, 5.41) is 13.3. The van der Waals surface area contributed by atoms with E-state index in [-0.39, 0.29) is 30.1 Å². The maximum Gasteiger partial charge on any atom is 0.276 e. The summed E-state index contributed by atoms with van der Waals surface area (Å²) in [7, 11) is 0. The Balaban J connectivity index is 1.74. The quantitative estimate of drug-likeness (QED) is 0.388. The fourth-order valence-electron chi connectivity index (χ4n) is 2.20. The first-order chi connectivity index (χ1) is 13.7. The molecule has 9 nitrogen and oxygen atoms in total. The van der Waals surface area contributed by atoms with Gasteiger partial charge in [-0.05, 0) is 46.6 Å². The zero-order valence-corrected chi connectivity index (χ0v) is 17.1. The molecule has 0 radical (unpaired) electrons. The van der Waals surface area contributed by atoms with Crippen molar-refractivity contribution in [2.45, 2.75) is 13.3 Å². The highest BCUT2D eigenvalue weighted by Gasteiger charge is 2.10. The van der Waals surface area contributed by atoms with Gasteiger partial charge in [0.2, 0.25) is 5.91 Å². The Morgan fingerprint density at radius 1 is 1.17 bits per heavy atom. The number of aryl methyl sites for hydroxylation is 1. The molecule has 2 rings (SSSR count). The molecule has 2 aromatic rings. The maximum atomic E-state index is 12.0. The summed E-state index contributed by atoms with van der Waals surface area (Å²) in [5.74, 6) is -0.379. The number of benzene rings is 2. The van der Waals surface area contributed by atoms with Crippen LogP contribution < -0.4 is 20.9 Å².